The van der Waals surface area contributed by atoms with Crippen molar-refractivity contribution in [2.45, 2.75) is 32.9 Å². The summed E-state index contributed by atoms with van der Waals surface area (Å²) in [6.45, 7) is 5.91. The van der Waals surface area contributed by atoms with Crippen molar-refractivity contribution in [2.75, 3.05) is 0 Å². The molecule has 0 amide bonds. The van der Waals surface area contributed by atoms with E-state index in [9.17, 15) is 0 Å². The smallest absolute Gasteiger partial charge is 0.138 e. The molecule has 0 bridgehead atoms. The predicted molar refractivity (Wildman–Crippen MR) is 84.4 cm³/mol. The molecule has 3 heteroatoms. The Morgan fingerprint density at radius 2 is 1.60 bits per heavy atom. The summed E-state index contributed by atoms with van der Waals surface area (Å²) in [5.74, 6) is 0.801. The van der Waals surface area contributed by atoms with Crippen molar-refractivity contribution in [3.8, 4) is 5.75 Å². The molecule has 0 aliphatic carbocycles. The highest BCUT2D eigenvalue weighted by Crippen LogP contribution is 2.30. The molecule has 2 aromatic carbocycles. The molecule has 2 unspecified atom stereocenters. The number of nitrogens with two attached hydrogens (primary N) is 1. The molecule has 0 aliphatic heterocycles. The highest BCUT2D eigenvalue weighted by molar-refractivity contribution is 6.32. The molecule has 0 saturated carbocycles. The molecule has 2 nitrogen and oxygen atoms in total. The van der Waals surface area contributed by atoms with E-state index in [4.69, 9.17) is 22.1 Å². The van der Waals surface area contributed by atoms with Gasteiger partial charge in [-0.3, -0.25) is 0 Å². The molecule has 2 atom stereocenters. The molecule has 20 heavy (non-hydrogen) atoms. The largest absolute Gasteiger partial charge is 0.484 e. The second-order valence-electron chi connectivity index (χ2n) is 5.18. The Balaban J connectivity index is 2.30. The fraction of sp³-hybridized carbons (Fsp3) is 0.294. The van der Waals surface area contributed by atoms with E-state index in [1.54, 1.807) is 0 Å². The quantitative estimate of drug-likeness (QED) is 0.904. The van der Waals surface area contributed by atoms with Crippen LogP contribution in [0.15, 0.2) is 42.5 Å². The summed E-state index contributed by atoms with van der Waals surface area (Å²) >= 11 is 6.19. The van der Waals surface area contributed by atoms with Gasteiger partial charge in [-0.05, 0) is 49.6 Å². The summed E-state index contributed by atoms with van der Waals surface area (Å²) in [5, 5.41) is 0.786. The molecule has 2 rings (SSSR count). The van der Waals surface area contributed by atoms with Crippen LogP contribution < -0.4 is 10.5 Å². The van der Waals surface area contributed by atoms with Crippen molar-refractivity contribution in [3.05, 3.63) is 64.2 Å². The van der Waals surface area contributed by atoms with Crippen molar-refractivity contribution >= 4 is 11.6 Å². The first-order chi connectivity index (χ1) is 9.49. The molecule has 0 aromatic heterocycles. The third kappa shape index (κ3) is 3.33. The summed E-state index contributed by atoms with van der Waals surface area (Å²) in [4.78, 5) is 0. The minimum absolute atomic E-state index is 0.103. The number of halogens is 1. The Morgan fingerprint density at radius 1 is 1.05 bits per heavy atom. The van der Waals surface area contributed by atoms with Crippen molar-refractivity contribution in [1.29, 1.82) is 0 Å². The summed E-state index contributed by atoms with van der Waals surface area (Å²) in [5.41, 5.74) is 9.17. The van der Waals surface area contributed by atoms with Gasteiger partial charge in [0.15, 0.2) is 0 Å². The van der Waals surface area contributed by atoms with Crippen LogP contribution in [0.2, 0.25) is 5.02 Å². The van der Waals surface area contributed by atoms with Gasteiger partial charge in [0, 0.05) is 11.1 Å². The van der Waals surface area contributed by atoms with Crippen LogP contribution in [0.1, 0.15) is 29.7 Å². The van der Waals surface area contributed by atoms with Gasteiger partial charge in [0.2, 0.25) is 0 Å². The van der Waals surface area contributed by atoms with Crippen LogP contribution in [0.4, 0.5) is 0 Å². The molecular weight excluding hydrogens is 270 g/mol. The van der Waals surface area contributed by atoms with Gasteiger partial charge in [0.25, 0.3) is 0 Å². The third-order valence-electron chi connectivity index (χ3n) is 3.28. The van der Waals surface area contributed by atoms with Crippen molar-refractivity contribution in [1.82, 2.24) is 0 Å². The van der Waals surface area contributed by atoms with Crippen LogP contribution in [0.25, 0.3) is 0 Å². The lowest BCUT2D eigenvalue weighted by Crippen LogP contribution is -2.29. The Kier molecular flexibility index (Phi) is 4.69. The lowest BCUT2D eigenvalue weighted by atomic mass is 10.0. The van der Waals surface area contributed by atoms with Crippen molar-refractivity contribution < 1.29 is 4.74 Å². The highest BCUT2D eigenvalue weighted by Gasteiger charge is 2.18. The molecule has 106 valence electrons. The van der Waals surface area contributed by atoms with Crippen molar-refractivity contribution in [3.63, 3.8) is 0 Å². The van der Waals surface area contributed by atoms with Gasteiger partial charge < -0.3 is 10.5 Å². The van der Waals surface area contributed by atoms with E-state index in [1.807, 2.05) is 63.2 Å². The maximum atomic E-state index is 6.19. The number of hydrogen-bond donors (Lipinski definition) is 1. The number of benzene rings is 2. The number of hydrogen-bond acceptors (Lipinski definition) is 2. The number of ether oxygens (including phenoxy) is 1. The topological polar surface area (TPSA) is 35.2 Å². The maximum Gasteiger partial charge on any atom is 0.138 e. The van der Waals surface area contributed by atoms with E-state index in [0.717, 1.165) is 27.5 Å². The molecule has 0 spiro atoms. The van der Waals surface area contributed by atoms with E-state index < -0.39 is 0 Å². The predicted octanol–water partition coefficient (Wildman–Crippen LogP) is 4.42. The zero-order valence-corrected chi connectivity index (χ0v) is 12.8. The van der Waals surface area contributed by atoms with Crippen LogP contribution in [-0.4, -0.2) is 6.04 Å². The number of aryl methyl sites for hydroxylation is 2. The minimum Gasteiger partial charge on any atom is -0.484 e. The van der Waals surface area contributed by atoms with Gasteiger partial charge in [-0.25, -0.2) is 0 Å². The van der Waals surface area contributed by atoms with Crippen molar-refractivity contribution in [2.24, 2.45) is 5.73 Å². The van der Waals surface area contributed by atoms with E-state index in [1.165, 1.54) is 0 Å². The number of rotatable bonds is 4. The van der Waals surface area contributed by atoms with Gasteiger partial charge >= 0.3 is 0 Å². The average molecular weight is 290 g/mol. The monoisotopic (exact) mass is 289 g/mol. The first kappa shape index (κ1) is 14.9. The first-order valence-electron chi connectivity index (χ1n) is 6.73. The second kappa shape index (κ2) is 6.29. The van der Waals surface area contributed by atoms with E-state index in [-0.39, 0.29) is 12.1 Å². The molecule has 2 aromatic rings. The first-order valence-corrected chi connectivity index (χ1v) is 7.10. The molecule has 0 radical (unpaired) electrons. The van der Waals surface area contributed by atoms with Gasteiger partial charge in [0.1, 0.15) is 11.9 Å². The fourth-order valence-corrected chi connectivity index (χ4v) is 2.35. The van der Waals surface area contributed by atoms with E-state index in [0.29, 0.717) is 0 Å². The molecule has 0 saturated heterocycles. The third-order valence-corrected chi connectivity index (χ3v) is 3.87. The van der Waals surface area contributed by atoms with Gasteiger partial charge in [0.05, 0.1) is 0 Å². The zero-order chi connectivity index (χ0) is 14.7. The van der Waals surface area contributed by atoms with Crippen LogP contribution in [0.3, 0.4) is 0 Å². The van der Waals surface area contributed by atoms with Gasteiger partial charge in [-0.15, -0.1) is 0 Å². The van der Waals surface area contributed by atoms with E-state index >= 15 is 0 Å². The summed E-state index contributed by atoms with van der Waals surface area (Å²) < 4.78 is 6.09. The minimum atomic E-state index is -0.170. The standard InChI is InChI=1S/C17H20ClNO/c1-11-9-15(10-12(2)16(11)18)20-17(13(3)19)14-7-5-4-6-8-14/h4-10,13,17H,19H2,1-3H3. The Bertz CT molecular complexity index is 558. The Labute approximate surface area is 125 Å². The zero-order valence-electron chi connectivity index (χ0n) is 12.1. The SMILES string of the molecule is Cc1cc(OC(c2ccccc2)C(C)N)cc(C)c1Cl. The normalized spacial score (nSPS) is 13.8. The molecule has 0 fully saturated rings. The lowest BCUT2D eigenvalue weighted by molar-refractivity contribution is 0.180. The molecular formula is C17H20ClNO. The summed E-state index contributed by atoms with van der Waals surface area (Å²) in [6, 6.07) is 13.8. The Hall–Kier alpha value is -1.51. The highest BCUT2D eigenvalue weighted by atomic mass is 35.5. The molecule has 0 heterocycles. The second-order valence-corrected chi connectivity index (χ2v) is 5.56. The fourth-order valence-electron chi connectivity index (χ4n) is 2.24. The van der Waals surface area contributed by atoms with E-state index in [2.05, 4.69) is 0 Å². The molecule has 2 N–H and O–H groups in total. The van der Waals surface area contributed by atoms with Gasteiger partial charge in [-0.1, -0.05) is 41.9 Å². The van der Waals surface area contributed by atoms with Crippen LogP contribution in [0, 0.1) is 13.8 Å². The lowest BCUT2D eigenvalue weighted by Gasteiger charge is -2.23. The van der Waals surface area contributed by atoms with Crippen LogP contribution in [0.5, 0.6) is 5.75 Å². The summed E-state index contributed by atoms with van der Waals surface area (Å²) in [7, 11) is 0. The van der Waals surface area contributed by atoms with Crippen LogP contribution >= 0.6 is 11.6 Å². The average Bonchev–Trinajstić information content (AvgIpc) is 2.42. The Morgan fingerprint density at radius 3 is 2.10 bits per heavy atom. The summed E-state index contributed by atoms with van der Waals surface area (Å²) in [6.07, 6.45) is -0.170. The molecule has 0 aliphatic rings. The maximum absolute atomic E-state index is 6.19. The van der Waals surface area contributed by atoms with Gasteiger partial charge in [-0.2, -0.15) is 0 Å². The van der Waals surface area contributed by atoms with Crippen LogP contribution in [-0.2, 0) is 0 Å².